The lowest BCUT2D eigenvalue weighted by molar-refractivity contribution is 0.831. The molecule has 0 spiro atoms. The molecule has 0 aromatic heterocycles. The van der Waals surface area contributed by atoms with Crippen molar-refractivity contribution in [2.45, 2.75) is 41.0 Å². The Morgan fingerprint density at radius 3 is 2.18 bits per heavy atom. The molecule has 0 saturated heterocycles. The Morgan fingerprint density at radius 2 is 1.73 bits per heavy atom. The van der Waals surface area contributed by atoms with Crippen LogP contribution in [-0.4, -0.2) is 0 Å². The second-order valence-electron chi connectivity index (χ2n) is 5.39. The quantitative estimate of drug-likeness (QED) is 0.545. The Hall–Kier alpha value is -2.02. The molecule has 2 N–H and O–H groups in total. The number of allylic oxidation sites excluding steroid dienone is 12. The van der Waals surface area contributed by atoms with E-state index in [2.05, 4.69) is 70.7 Å². The minimum atomic E-state index is 0.542. The Bertz CT molecular complexity index is 520. The fourth-order valence-corrected chi connectivity index (χ4v) is 1.79. The standard InChI is InChI=1S/C21H31N/c1-7-11-20(19(9-3)14-12-17(5)6)15-13-18(8-2)16-21(22)10-4/h8-17H,2,7,22H2,1,3-6H3/b14-12-,15-13+,18-16+,19-9+,20-11-,21-10+. The zero-order chi connectivity index (χ0) is 17.0. The van der Waals surface area contributed by atoms with Crippen molar-refractivity contribution in [3.63, 3.8) is 0 Å². The third-order valence-electron chi connectivity index (χ3n) is 3.09. The second kappa shape index (κ2) is 11.6. The third kappa shape index (κ3) is 8.31. The van der Waals surface area contributed by atoms with Crippen LogP contribution in [0.25, 0.3) is 0 Å². The van der Waals surface area contributed by atoms with Gasteiger partial charge in [0.2, 0.25) is 0 Å². The van der Waals surface area contributed by atoms with Gasteiger partial charge in [-0.25, -0.2) is 0 Å². The van der Waals surface area contributed by atoms with Gasteiger partial charge in [-0.15, -0.1) is 0 Å². The highest BCUT2D eigenvalue weighted by molar-refractivity contribution is 5.49. The highest BCUT2D eigenvalue weighted by Crippen LogP contribution is 2.17. The van der Waals surface area contributed by atoms with Gasteiger partial charge in [-0.3, -0.25) is 0 Å². The molecule has 0 atom stereocenters. The molecule has 0 aromatic rings. The molecule has 1 nitrogen and oxygen atoms in total. The Labute approximate surface area is 137 Å². The van der Waals surface area contributed by atoms with Crippen molar-refractivity contribution in [3.8, 4) is 0 Å². The molecule has 0 radical (unpaired) electrons. The van der Waals surface area contributed by atoms with E-state index in [4.69, 9.17) is 5.73 Å². The molecule has 0 aliphatic carbocycles. The zero-order valence-electron chi connectivity index (χ0n) is 14.8. The SMILES string of the molecule is C=CC(/C=C/C(=C/CC)C(/C=C\C(C)C)=C/C)=C\C(N)=C/C. The van der Waals surface area contributed by atoms with Gasteiger partial charge in [0.1, 0.15) is 0 Å². The normalized spacial score (nSPS) is 15.4. The predicted octanol–water partition coefficient (Wildman–Crippen LogP) is 6.01. The predicted molar refractivity (Wildman–Crippen MR) is 101 cm³/mol. The van der Waals surface area contributed by atoms with E-state index in [1.54, 1.807) is 0 Å². The van der Waals surface area contributed by atoms with Crippen LogP contribution in [0.15, 0.2) is 83.7 Å². The van der Waals surface area contributed by atoms with Crippen LogP contribution in [0.1, 0.15) is 41.0 Å². The summed E-state index contributed by atoms with van der Waals surface area (Å²) < 4.78 is 0. The van der Waals surface area contributed by atoms with Crippen LogP contribution in [0, 0.1) is 5.92 Å². The third-order valence-corrected chi connectivity index (χ3v) is 3.09. The summed E-state index contributed by atoms with van der Waals surface area (Å²) in [5, 5.41) is 0. The summed E-state index contributed by atoms with van der Waals surface area (Å²) in [6, 6.07) is 0. The van der Waals surface area contributed by atoms with E-state index in [9.17, 15) is 0 Å². The minimum Gasteiger partial charge on any atom is -0.399 e. The molecule has 0 bridgehead atoms. The van der Waals surface area contributed by atoms with Gasteiger partial charge >= 0.3 is 0 Å². The van der Waals surface area contributed by atoms with Gasteiger partial charge in [0.15, 0.2) is 0 Å². The van der Waals surface area contributed by atoms with E-state index in [-0.39, 0.29) is 0 Å². The first kappa shape index (κ1) is 20.0. The monoisotopic (exact) mass is 297 g/mol. The average Bonchev–Trinajstić information content (AvgIpc) is 2.50. The summed E-state index contributed by atoms with van der Waals surface area (Å²) in [7, 11) is 0. The van der Waals surface area contributed by atoms with Crippen molar-refractivity contribution >= 4 is 0 Å². The maximum atomic E-state index is 5.85. The average molecular weight is 297 g/mol. The van der Waals surface area contributed by atoms with E-state index in [1.165, 1.54) is 11.1 Å². The lowest BCUT2D eigenvalue weighted by atomic mass is 10.0. The van der Waals surface area contributed by atoms with Crippen molar-refractivity contribution in [2.75, 3.05) is 0 Å². The fraction of sp³-hybridized carbons (Fsp3) is 0.333. The molecular formula is C21H31N. The molecule has 0 aliphatic rings. The molecule has 0 unspecified atom stereocenters. The lowest BCUT2D eigenvalue weighted by Crippen LogP contribution is -1.92. The van der Waals surface area contributed by atoms with Crippen LogP contribution in [0.2, 0.25) is 0 Å². The molecule has 0 heterocycles. The first-order valence-corrected chi connectivity index (χ1v) is 7.97. The maximum absolute atomic E-state index is 5.85. The first-order chi connectivity index (χ1) is 10.5. The molecule has 0 aromatic carbocycles. The highest BCUT2D eigenvalue weighted by Gasteiger charge is 1.98. The van der Waals surface area contributed by atoms with Crippen molar-refractivity contribution < 1.29 is 0 Å². The molecule has 1 heteroatoms. The summed E-state index contributed by atoms with van der Waals surface area (Å²) in [6.45, 7) is 14.4. The van der Waals surface area contributed by atoms with E-state index >= 15 is 0 Å². The van der Waals surface area contributed by atoms with E-state index in [0.717, 1.165) is 17.7 Å². The maximum Gasteiger partial charge on any atom is 0.0276 e. The molecule has 0 fully saturated rings. The first-order valence-electron chi connectivity index (χ1n) is 7.97. The van der Waals surface area contributed by atoms with Crippen molar-refractivity contribution in [1.29, 1.82) is 0 Å². The summed E-state index contributed by atoms with van der Waals surface area (Å²) in [5.74, 6) is 0.542. The number of hydrogen-bond acceptors (Lipinski definition) is 1. The van der Waals surface area contributed by atoms with E-state index in [1.807, 2.05) is 25.2 Å². The van der Waals surface area contributed by atoms with Gasteiger partial charge in [-0.2, -0.15) is 0 Å². The Balaban J connectivity index is 5.44. The van der Waals surface area contributed by atoms with Gasteiger partial charge in [0.05, 0.1) is 0 Å². The summed E-state index contributed by atoms with van der Waals surface area (Å²) in [4.78, 5) is 0. The van der Waals surface area contributed by atoms with Crippen LogP contribution < -0.4 is 5.73 Å². The van der Waals surface area contributed by atoms with Gasteiger partial charge in [0, 0.05) is 5.70 Å². The van der Waals surface area contributed by atoms with E-state index < -0.39 is 0 Å². The summed E-state index contributed by atoms with van der Waals surface area (Å²) in [5.41, 5.74) is 10.0. The van der Waals surface area contributed by atoms with Gasteiger partial charge in [0.25, 0.3) is 0 Å². The van der Waals surface area contributed by atoms with Crippen LogP contribution in [0.3, 0.4) is 0 Å². The molecule has 0 aliphatic heterocycles. The van der Waals surface area contributed by atoms with E-state index in [0.29, 0.717) is 5.92 Å². The summed E-state index contributed by atoms with van der Waals surface area (Å²) >= 11 is 0. The smallest absolute Gasteiger partial charge is 0.0276 e. The van der Waals surface area contributed by atoms with Crippen LogP contribution >= 0.6 is 0 Å². The number of nitrogens with two attached hydrogens (primary N) is 1. The van der Waals surface area contributed by atoms with Crippen LogP contribution in [0.4, 0.5) is 0 Å². The second-order valence-corrected chi connectivity index (χ2v) is 5.39. The van der Waals surface area contributed by atoms with Crippen LogP contribution in [0.5, 0.6) is 0 Å². The molecule has 0 rings (SSSR count). The molecule has 22 heavy (non-hydrogen) atoms. The number of hydrogen-bond donors (Lipinski definition) is 1. The fourth-order valence-electron chi connectivity index (χ4n) is 1.79. The molecule has 0 saturated carbocycles. The molecule has 0 amide bonds. The van der Waals surface area contributed by atoms with Gasteiger partial charge in [-0.05, 0) is 49.0 Å². The van der Waals surface area contributed by atoms with Gasteiger partial charge in [-0.1, -0.05) is 76.0 Å². The van der Waals surface area contributed by atoms with Crippen molar-refractivity contribution in [2.24, 2.45) is 11.7 Å². The zero-order valence-corrected chi connectivity index (χ0v) is 14.8. The topological polar surface area (TPSA) is 26.0 Å². The van der Waals surface area contributed by atoms with Crippen molar-refractivity contribution in [3.05, 3.63) is 83.7 Å². The Kier molecular flexibility index (Phi) is 10.6. The summed E-state index contributed by atoms with van der Waals surface area (Å²) in [6.07, 6.45) is 19.6. The molecular weight excluding hydrogens is 266 g/mol. The minimum absolute atomic E-state index is 0.542. The van der Waals surface area contributed by atoms with Crippen molar-refractivity contribution in [1.82, 2.24) is 0 Å². The largest absolute Gasteiger partial charge is 0.399 e. The molecule has 120 valence electrons. The highest BCUT2D eigenvalue weighted by atomic mass is 14.5. The Morgan fingerprint density at radius 1 is 1.05 bits per heavy atom. The van der Waals surface area contributed by atoms with Crippen LogP contribution in [-0.2, 0) is 0 Å². The number of rotatable bonds is 8. The lowest BCUT2D eigenvalue weighted by Gasteiger charge is -2.05. The van der Waals surface area contributed by atoms with Gasteiger partial charge < -0.3 is 5.73 Å².